The molecule has 2 fully saturated rings. The van der Waals surface area contributed by atoms with E-state index in [1.54, 1.807) is 7.11 Å². The van der Waals surface area contributed by atoms with Crippen LogP contribution in [0, 0.1) is 5.92 Å². The third kappa shape index (κ3) is 3.87. The van der Waals surface area contributed by atoms with Crippen LogP contribution in [0.15, 0.2) is 29.8 Å². The summed E-state index contributed by atoms with van der Waals surface area (Å²) < 4.78 is 16.7. The molecule has 0 radical (unpaired) electrons. The molecule has 6 atom stereocenters. The third-order valence-corrected chi connectivity index (χ3v) is 7.44. The minimum atomic E-state index is -1.04. The fraction of sp³-hybridized carbons (Fsp3) is 0.667. The van der Waals surface area contributed by atoms with E-state index >= 15 is 0 Å². The second-order valence-corrected chi connectivity index (χ2v) is 9.69. The SMILES string of the molecule is CO[C@@H]1[C@H](O)CC[C@]2(O)CN(Cc3ccc4c(c3)OCO4)[C@](C)([C@H](O)CC=C(C)C)[C@@H]12. The van der Waals surface area contributed by atoms with Crippen molar-refractivity contribution in [3.8, 4) is 11.5 Å². The molecule has 3 aliphatic rings. The standard InChI is InChI=1S/C24H35NO6/c1-15(2)5-8-20(27)23(3)22-21(29-4)17(26)9-10-24(22,28)13-25(23)12-16-6-7-18-19(11-16)31-14-30-18/h5-7,11,17,20-22,26-28H,8-10,12-14H2,1-4H3/t17-,20-,21-,22-,23-,24+/m1/s1. The van der Waals surface area contributed by atoms with Crippen LogP contribution in [0.1, 0.15) is 45.6 Å². The van der Waals surface area contributed by atoms with Crippen LogP contribution in [0.3, 0.4) is 0 Å². The van der Waals surface area contributed by atoms with Gasteiger partial charge in [0.1, 0.15) is 0 Å². The summed E-state index contributed by atoms with van der Waals surface area (Å²) >= 11 is 0. The summed E-state index contributed by atoms with van der Waals surface area (Å²) in [6, 6.07) is 5.85. The first kappa shape index (κ1) is 22.6. The van der Waals surface area contributed by atoms with Crippen LogP contribution in [0.2, 0.25) is 0 Å². The molecular formula is C24H35NO6. The Kier molecular flexibility index (Phi) is 6.09. The van der Waals surface area contributed by atoms with Gasteiger partial charge in [0.2, 0.25) is 6.79 Å². The predicted molar refractivity (Wildman–Crippen MR) is 116 cm³/mol. The number of methoxy groups -OCH3 is 1. The molecule has 0 spiro atoms. The van der Waals surface area contributed by atoms with Gasteiger partial charge in [0.25, 0.3) is 0 Å². The molecule has 2 aliphatic heterocycles. The number of hydrogen-bond donors (Lipinski definition) is 3. The molecule has 172 valence electrons. The highest BCUT2D eigenvalue weighted by molar-refractivity contribution is 5.44. The van der Waals surface area contributed by atoms with E-state index in [1.165, 1.54) is 0 Å². The molecule has 1 aliphatic carbocycles. The van der Waals surface area contributed by atoms with Gasteiger partial charge in [0.15, 0.2) is 11.5 Å². The average Bonchev–Trinajstić information content (AvgIpc) is 3.28. The third-order valence-electron chi connectivity index (χ3n) is 7.44. The Bertz CT molecular complexity index is 839. The van der Waals surface area contributed by atoms with Gasteiger partial charge in [-0.3, -0.25) is 4.90 Å². The van der Waals surface area contributed by atoms with Crippen LogP contribution in [-0.4, -0.2) is 70.1 Å². The van der Waals surface area contributed by atoms with E-state index in [0.717, 1.165) is 16.9 Å². The number of likely N-dealkylation sites (tertiary alicyclic amines) is 1. The molecule has 0 unspecified atom stereocenters. The highest BCUT2D eigenvalue weighted by atomic mass is 16.7. The summed E-state index contributed by atoms with van der Waals surface area (Å²) in [4.78, 5) is 2.16. The van der Waals surface area contributed by atoms with E-state index < -0.39 is 35.4 Å². The lowest BCUT2D eigenvalue weighted by Crippen LogP contribution is -2.63. The fourth-order valence-corrected chi connectivity index (χ4v) is 5.78. The summed E-state index contributed by atoms with van der Waals surface area (Å²) in [6.45, 7) is 7.16. The van der Waals surface area contributed by atoms with Crippen LogP contribution in [0.25, 0.3) is 0 Å². The van der Waals surface area contributed by atoms with Gasteiger partial charge >= 0.3 is 0 Å². The molecule has 1 saturated carbocycles. The van der Waals surface area contributed by atoms with E-state index in [4.69, 9.17) is 14.2 Å². The molecule has 31 heavy (non-hydrogen) atoms. The van der Waals surface area contributed by atoms with Gasteiger partial charge < -0.3 is 29.5 Å². The minimum Gasteiger partial charge on any atom is -0.454 e. The Morgan fingerprint density at radius 1 is 1.32 bits per heavy atom. The summed E-state index contributed by atoms with van der Waals surface area (Å²) in [6.07, 6.45) is 1.48. The van der Waals surface area contributed by atoms with Gasteiger partial charge in [-0.25, -0.2) is 0 Å². The molecule has 7 nitrogen and oxygen atoms in total. The smallest absolute Gasteiger partial charge is 0.231 e. The van der Waals surface area contributed by atoms with Gasteiger partial charge in [-0.2, -0.15) is 0 Å². The maximum absolute atomic E-state index is 11.7. The van der Waals surface area contributed by atoms with Crippen molar-refractivity contribution >= 4 is 0 Å². The van der Waals surface area contributed by atoms with Crippen molar-refractivity contribution in [2.75, 3.05) is 20.4 Å². The maximum Gasteiger partial charge on any atom is 0.231 e. The van der Waals surface area contributed by atoms with Crippen molar-refractivity contribution in [3.63, 3.8) is 0 Å². The Morgan fingerprint density at radius 3 is 2.77 bits per heavy atom. The minimum absolute atomic E-state index is 0.219. The van der Waals surface area contributed by atoms with Crippen molar-refractivity contribution in [1.29, 1.82) is 0 Å². The van der Waals surface area contributed by atoms with Crippen molar-refractivity contribution < 1.29 is 29.5 Å². The number of benzene rings is 1. The van der Waals surface area contributed by atoms with Crippen molar-refractivity contribution in [1.82, 2.24) is 4.90 Å². The van der Waals surface area contributed by atoms with Crippen LogP contribution in [0.5, 0.6) is 11.5 Å². The van der Waals surface area contributed by atoms with Crippen molar-refractivity contribution in [3.05, 3.63) is 35.4 Å². The zero-order valence-corrected chi connectivity index (χ0v) is 18.9. The number of ether oxygens (including phenoxy) is 3. The molecule has 0 bridgehead atoms. The lowest BCUT2D eigenvalue weighted by atomic mass is 9.65. The highest BCUT2D eigenvalue weighted by Crippen LogP contribution is 2.52. The number of nitrogens with zero attached hydrogens (tertiary/aromatic N) is 1. The van der Waals surface area contributed by atoms with E-state index in [0.29, 0.717) is 38.1 Å². The van der Waals surface area contributed by atoms with Crippen molar-refractivity contribution in [2.24, 2.45) is 5.92 Å². The van der Waals surface area contributed by atoms with Crippen LogP contribution < -0.4 is 9.47 Å². The van der Waals surface area contributed by atoms with Crippen molar-refractivity contribution in [2.45, 2.75) is 76.0 Å². The lowest BCUT2D eigenvalue weighted by Gasteiger charge is -2.50. The molecule has 1 aromatic rings. The number of aliphatic hydroxyl groups is 3. The molecule has 3 N–H and O–H groups in total. The van der Waals surface area contributed by atoms with E-state index in [9.17, 15) is 15.3 Å². The molecule has 1 aromatic carbocycles. The summed E-state index contributed by atoms with van der Waals surface area (Å²) in [5.74, 6) is 1.01. The summed E-state index contributed by atoms with van der Waals surface area (Å²) in [5.41, 5.74) is 0.308. The highest BCUT2D eigenvalue weighted by Gasteiger charge is 2.66. The Balaban J connectivity index is 1.71. The zero-order chi connectivity index (χ0) is 22.4. The van der Waals surface area contributed by atoms with E-state index in [-0.39, 0.29) is 6.79 Å². The fourth-order valence-electron chi connectivity index (χ4n) is 5.78. The summed E-state index contributed by atoms with van der Waals surface area (Å²) in [5, 5.41) is 33.8. The second-order valence-electron chi connectivity index (χ2n) is 9.69. The number of rotatable bonds is 6. The molecule has 0 aromatic heterocycles. The van der Waals surface area contributed by atoms with Gasteiger partial charge in [0, 0.05) is 26.1 Å². The molecule has 0 amide bonds. The van der Waals surface area contributed by atoms with E-state index in [2.05, 4.69) is 4.90 Å². The van der Waals surface area contributed by atoms with Crippen LogP contribution in [0.4, 0.5) is 0 Å². The zero-order valence-electron chi connectivity index (χ0n) is 18.9. The summed E-state index contributed by atoms with van der Waals surface area (Å²) in [7, 11) is 1.57. The molecule has 1 saturated heterocycles. The largest absolute Gasteiger partial charge is 0.454 e. The maximum atomic E-state index is 11.7. The Hall–Kier alpha value is -1.64. The first-order chi connectivity index (χ1) is 14.7. The first-order valence-electron chi connectivity index (χ1n) is 11.1. The lowest BCUT2D eigenvalue weighted by molar-refractivity contribution is -0.169. The van der Waals surface area contributed by atoms with Gasteiger partial charge in [-0.05, 0) is 57.7 Å². The molecular weight excluding hydrogens is 398 g/mol. The normalized spacial score (nSPS) is 35.6. The first-order valence-corrected chi connectivity index (χ1v) is 11.1. The van der Waals surface area contributed by atoms with Crippen LogP contribution in [-0.2, 0) is 11.3 Å². The number of allylic oxidation sites excluding steroid dienone is 1. The predicted octanol–water partition coefficient (Wildman–Crippen LogP) is 2.22. The number of β-amino-alcohol motifs (C(OH)–C–C–N with tert-alkyl or cyclic N) is 1. The quantitative estimate of drug-likeness (QED) is 0.593. The van der Waals surface area contributed by atoms with Gasteiger partial charge in [-0.15, -0.1) is 0 Å². The van der Waals surface area contributed by atoms with Gasteiger partial charge in [-0.1, -0.05) is 17.7 Å². The Labute approximate surface area is 184 Å². The second kappa shape index (κ2) is 8.37. The topological polar surface area (TPSA) is 91.6 Å². The monoisotopic (exact) mass is 433 g/mol. The Morgan fingerprint density at radius 2 is 2.06 bits per heavy atom. The number of hydrogen-bond acceptors (Lipinski definition) is 7. The molecule has 7 heteroatoms. The molecule has 2 heterocycles. The van der Waals surface area contributed by atoms with Crippen LogP contribution >= 0.6 is 0 Å². The number of aliphatic hydroxyl groups excluding tert-OH is 2. The average molecular weight is 434 g/mol. The number of fused-ring (bicyclic) bond motifs is 2. The van der Waals surface area contributed by atoms with Gasteiger partial charge in [0.05, 0.1) is 29.5 Å². The van der Waals surface area contributed by atoms with E-state index in [1.807, 2.05) is 45.0 Å². The molecule has 4 rings (SSSR count).